The number of fused-ring (bicyclic) bond motifs is 3. The van der Waals surface area contributed by atoms with Crippen molar-refractivity contribution in [2.75, 3.05) is 11.9 Å². The SMILES string of the molecule is CCCNc1nc2c3c(ccc2cc1CCC)CCCC3. The molecule has 0 atom stereocenters. The van der Waals surface area contributed by atoms with Gasteiger partial charge >= 0.3 is 0 Å². The molecule has 0 unspecified atom stereocenters. The van der Waals surface area contributed by atoms with Crippen LogP contribution < -0.4 is 5.32 Å². The second kappa shape index (κ2) is 6.46. The van der Waals surface area contributed by atoms with Gasteiger partial charge in [-0.2, -0.15) is 0 Å². The maximum Gasteiger partial charge on any atom is 0.129 e. The summed E-state index contributed by atoms with van der Waals surface area (Å²) >= 11 is 0. The average Bonchev–Trinajstić information content (AvgIpc) is 2.53. The van der Waals surface area contributed by atoms with Crippen LogP contribution in [-0.2, 0) is 19.3 Å². The van der Waals surface area contributed by atoms with E-state index in [9.17, 15) is 0 Å². The van der Waals surface area contributed by atoms with Gasteiger partial charge in [0.15, 0.2) is 0 Å². The van der Waals surface area contributed by atoms with E-state index in [1.807, 2.05) is 0 Å². The molecular weight excluding hydrogens is 256 g/mol. The highest BCUT2D eigenvalue weighted by Gasteiger charge is 2.15. The monoisotopic (exact) mass is 282 g/mol. The molecular formula is C19H26N2. The highest BCUT2D eigenvalue weighted by atomic mass is 15.0. The van der Waals surface area contributed by atoms with E-state index in [4.69, 9.17) is 4.98 Å². The van der Waals surface area contributed by atoms with Crippen molar-refractivity contribution in [3.05, 3.63) is 34.9 Å². The molecule has 1 N–H and O–H groups in total. The fraction of sp³-hybridized carbons (Fsp3) is 0.526. The van der Waals surface area contributed by atoms with Gasteiger partial charge in [0.2, 0.25) is 0 Å². The van der Waals surface area contributed by atoms with Crippen molar-refractivity contribution in [2.24, 2.45) is 0 Å². The van der Waals surface area contributed by atoms with E-state index < -0.39 is 0 Å². The topological polar surface area (TPSA) is 24.9 Å². The van der Waals surface area contributed by atoms with E-state index in [-0.39, 0.29) is 0 Å². The Morgan fingerprint density at radius 2 is 1.95 bits per heavy atom. The minimum Gasteiger partial charge on any atom is -0.370 e. The summed E-state index contributed by atoms with van der Waals surface area (Å²) in [7, 11) is 0. The minimum absolute atomic E-state index is 1.00. The Balaban J connectivity index is 2.11. The van der Waals surface area contributed by atoms with Gasteiger partial charge in [-0.25, -0.2) is 4.98 Å². The average molecular weight is 282 g/mol. The Kier molecular flexibility index (Phi) is 4.42. The Bertz CT molecular complexity index is 631. The highest BCUT2D eigenvalue weighted by molar-refractivity contribution is 5.86. The van der Waals surface area contributed by atoms with Crippen LogP contribution in [0.2, 0.25) is 0 Å². The van der Waals surface area contributed by atoms with Crippen molar-refractivity contribution in [1.29, 1.82) is 0 Å². The van der Waals surface area contributed by atoms with Crippen LogP contribution in [0, 0.1) is 0 Å². The van der Waals surface area contributed by atoms with Gasteiger partial charge in [-0.1, -0.05) is 32.4 Å². The largest absolute Gasteiger partial charge is 0.370 e. The van der Waals surface area contributed by atoms with Crippen LogP contribution >= 0.6 is 0 Å². The molecule has 1 aliphatic rings. The predicted octanol–water partition coefficient (Wildman–Crippen LogP) is 4.89. The fourth-order valence-corrected chi connectivity index (χ4v) is 3.37. The Morgan fingerprint density at radius 3 is 2.76 bits per heavy atom. The normalized spacial score (nSPS) is 14.2. The second-order valence-corrected chi connectivity index (χ2v) is 6.15. The molecule has 0 spiro atoms. The molecule has 0 fully saturated rings. The zero-order valence-electron chi connectivity index (χ0n) is 13.3. The van der Waals surface area contributed by atoms with Crippen molar-refractivity contribution in [2.45, 2.75) is 58.8 Å². The number of aromatic nitrogens is 1. The van der Waals surface area contributed by atoms with Gasteiger partial charge < -0.3 is 5.32 Å². The standard InChI is InChI=1S/C19H26N2/c1-3-7-16-13-15-11-10-14-8-5-6-9-17(14)18(15)21-19(16)20-12-4-2/h10-11,13H,3-9,12H2,1-2H3,(H,20,21). The number of nitrogens with zero attached hydrogens (tertiary/aromatic N) is 1. The molecule has 0 radical (unpaired) electrons. The van der Waals surface area contributed by atoms with Crippen molar-refractivity contribution in [3.8, 4) is 0 Å². The number of anilines is 1. The molecule has 3 rings (SSSR count). The van der Waals surface area contributed by atoms with Gasteiger partial charge in [0.25, 0.3) is 0 Å². The molecule has 21 heavy (non-hydrogen) atoms. The van der Waals surface area contributed by atoms with Crippen LogP contribution in [0.5, 0.6) is 0 Å². The highest BCUT2D eigenvalue weighted by Crippen LogP contribution is 2.30. The first-order chi connectivity index (χ1) is 10.3. The minimum atomic E-state index is 1.00. The van der Waals surface area contributed by atoms with E-state index in [0.29, 0.717) is 0 Å². The lowest BCUT2D eigenvalue weighted by atomic mass is 9.89. The van der Waals surface area contributed by atoms with Gasteiger partial charge in [0, 0.05) is 11.9 Å². The van der Waals surface area contributed by atoms with Crippen LogP contribution in [0.3, 0.4) is 0 Å². The van der Waals surface area contributed by atoms with Crippen LogP contribution in [-0.4, -0.2) is 11.5 Å². The smallest absolute Gasteiger partial charge is 0.129 e. The zero-order chi connectivity index (χ0) is 14.7. The first kappa shape index (κ1) is 14.4. The zero-order valence-corrected chi connectivity index (χ0v) is 13.3. The summed E-state index contributed by atoms with van der Waals surface area (Å²) in [5.74, 6) is 1.12. The number of aryl methyl sites for hydroxylation is 3. The van der Waals surface area contributed by atoms with Crippen molar-refractivity contribution >= 4 is 16.7 Å². The van der Waals surface area contributed by atoms with Crippen molar-refractivity contribution in [1.82, 2.24) is 4.98 Å². The van der Waals surface area contributed by atoms with E-state index in [0.717, 1.165) is 25.2 Å². The quantitative estimate of drug-likeness (QED) is 0.844. The molecule has 1 aromatic carbocycles. The Morgan fingerprint density at radius 1 is 1.10 bits per heavy atom. The van der Waals surface area contributed by atoms with Gasteiger partial charge in [0.05, 0.1) is 5.52 Å². The Hall–Kier alpha value is -1.57. The summed E-state index contributed by atoms with van der Waals surface area (Å²) in [6.45, 7) is 5.44. The van der Waals surface area contributed by atoms with Crippen molar-refractivity contribution in [3.63, 3.8) is 0 Å². The molecule has 0 bridgehead atoms. The van der Waals surface area contributed by atoms with Crippen LogP contribution in [0.15, 0.2) is 18.2 Å². The third kappa shape index (κ3) is 2.90. The molecule has 2 aromatic rings. The summed E-state index contributed by atoms with van der Waals surface area (Å²) in [6.07, 6.45) is 8.46. The second-order valence-electron chi connectivity index (χ2n) is 6.15. The molecule has 0 aliphatic heterocycles. The number of hydrogen-bond acceptors (Lipinski definition) is 2. The van der Waals surface area contributed by atoms with Gasteiger partial charge in [0.1, 0.15) is 5.82 Å². The van der Waals surface area contributed by atoms with Gasteiger partial charge in [-0.15, -0.1) is 0 Å². The van der Waals surface area contributed by atoms with E-state index in [1.165, 1.54) is 59.7 Å². The lowest BCUT2D eigenvalue weighted by molar-refractivity contribution is 0.689. The lowest BCUT2D eigenvalue weighted by Crippen LogP contribution is -2.08. The summed E-state index contributed by atoms with van der Waals surface area (Å²) in [6, 6.07) is 6.96. The molecule has 1 aromatic heterocycles. The lowest BCUT2D eigenvalue weighted by Gasteiger charge is -2.19. The molecule has 2 nitrogen and oxygen atoms in total. The first-order valence-electron chi connectivity index (χ1n) is 8.51. The number of rotatable bonds is 5. The third-order valence-electron chi connectivity index (χ3n) is 4.45. The fourth-order valence-electron chi connectivity index (χ4n) is 3.37. The number of hydrogen-bond donors (Lipinski definition) is 1. The van der Waals surface area contributed by atoms with Crippen molar-refractivity contribution < 1.29 is 0 Å². The maximum atomic E-state index is 5.03. The van der Waals surface area contributed by atoms with Crippen LogP contribution in [0.4, 0.5) is 5.82 Å². The van der Waals surface area contributed by atoms with Crippen LogP contribution in [0.1, 0.15) is 56.2 Å². The van der Waals surface area contributed by atoms with Gasteiger partial charge in [-0.3, -0.25) is 0 Å². The first-order valence-corrected chi connectivity index (χ1v) is 8.51. The van der Waals surface area contributed by atoms with E-state index in [1.54, 1.807) is 0 Å². The molecule has 0 amide bonds. The van der Waals surface area contributed by atoms with Gasteiger partial charge in [-0.05, 0) is 61.3 Å². The number of benzene rings is 1. The molecule has 2 heteroatoms. The maximum absolute atomic E-state index is 5.03. The molecule has 0 saturated carbocycles. The summed E-state index contributed by atoms with van der Waals surface area (Å²) in [5, 5.41) is 4.86. The third-order valence-corrected chi connectivity index (χ3v) is 4.45. The summed E-state index contributed by atoms with van der Waals surface area (Å²) in [4.78, 5) is 5.03. The van der Waals surface area contributed by atoms with E-state index in [2.05, 4.69) is 37.4 Å². The predicted molar refractivity (Wildman–Crippen MR) is 91.2 cm³/mol. The molecule has 1 heterocycles. The number of pyridine rings is 1. The summed E-state index contributed by atoms with van der Waals surface area (Å²) in [5.41, 5.74) is 5.63. The summed E-state index contributed by atoms with van der Waals surface area (Å²) < 4.78 is 0. The molecule has 1 aliphatic carbocycles. The van der Waals surface area contributed by atoms with Crippen LogP contribution in [0.25, 0.3) is 10.9 Å². The Labute approximate surface area is 128 Å². The number of nitrogens with one attached hydrogen (secondary N) is 1. The molecule has 0 saturated heterocycles. The molecule has 112 valence electrons. The van der Waals surface area contributed by atoms with E-state index >= 15 is 0 Å².